The fourth-order valence-corrected chi connectivity index (χ4v) is 3.73. The summed E-state index contributed by atoms with van der Waals surface area (Å²) in [4.78, 5) is 19.5. The van der Waals surface area contributed by atoms with Gasteiger partial charge in [0.05, 0.1) is 0 Å². The first-order valence-electron chi connectivity index (χ1n) is 9.60. The lowest BCUT2D eigenvalue weighted by atomic mass is 10.0. The zero-order valence-electron chi connectivity index (χ0n) is 16.7. The van der Waals surface area contributed by atoms with Crippen LogP contribution >= 0.6 is 0 Å². The summed E-state index contributed by atoms with van der Waals surface area (Å²) in [6, 6.07) is 9.39. The SMILES string of the molecule is Cc1ccc(CCC(=O)N2CC(C)N(CCCN(C)C)C(C)C2)cc1. The number of amides is 1. The average molecular weight is 346 g/mol. The summed E-state index contributed by atoms with van der Waals surface area (Å²) in [6.45, 7) is 10.6. The van der Waals surface area contributed by atoms with E-state index in [2.05, 4.69) is 73.8 Å². The summed E-state index contributed by atoms with van der Waals surface area (Å²) < 4.78 is 0. The van der Waals surface area contributed by atoms with E-state index in [0.29, 0.717) is 24.4 Å². The zero-order valence-corrected chi connectivity index (χ0v) is 16.7. The maximum Gasteiger partial charge on any atom is 0.223 e. The first-order valence-corrected chi connectivity index (χ1v) is 9.60. The fourth-order valence-electron chi connectivity index (χ4n) is 3.73. The molecular weight excluding hydrogens is 310 g/mol. The summed E-state index contributed by atoms with van der Waals surface area (Å²) in [5.74, 6) is 0.298. The monoisotopic (exact) mass is 345 g/mol. The number of rotatable bonds is 7. The van der Waals surface area contributed by atoms with E-state index >= 15 is 0 Å². The highest BCUT2D eigenvalue weighted by molar-refractivity contribution is 5.76. The lowest BCUT2D eigenvalue weighted by Gasteiger charge is -2.44. The molecule has 1 saturated heterocycles. The second-order valence-electron chi connectivity index (χ2n) is 7.88. The highest BCUT2D eigenvalue weighted by atomic mass is 16.2. The van der Waals surface area contributed by atoms with Crippen LogP contribution in [0.25, 0.3) is 0 Å². The third-order valence-electron chi connectivity index (χ3n) is 5.22. The molecule has 1 fully saturated rings. The van der Waals surface area contributed by atoms with Crippen molar-refractivity contribution in [3.05, 3.63) is 35.4 Å². The molecule has 0 aromatic heterocycles. The number of nitrogens with zero attached hydrogens (tertiary/aromatic N) is 3. The first-order chi connectivity index (χ1) is 11.9. The van der Waals surface area contributed by atoms with Crippen LogP contribution in [0.2, 0.25) is 0 Å². The van der Waals surface area contributed by atoms with Crippen LogP contribution in [0.4, 0.5) is 0 Å². The number of benzene rings is 1. The number of aryl methyl sites for hydroxylation is 2. The number of piperazine rings is 1. The smallest absolute Gasteiger partial charge is 0.223 e. The average Bonchev–Trinajstić information content (AvgIpc) is 2.56. The summed E-state index contributed by atoms with van der Waals surface area (Å²) >= 11 is 0. The molecule has 0 aliphatic carbocycles. The zero-order chi connectivity index (χ0) is 18.4. The Hall–Kier alpha value is -1.39. The highest BCUT2D eigenvalue weighted by Gasteiger charge is 2.31. The molecule has 140 valence electrons. The predicted molar refractivity (Wildman–Crippen MR) is 105 cm³/mol. The molecule has 0 bridgehead atoms. The van der Waals surface area contributed by atoms with E-state index in [1.54, 1.807) is 0 Å². The van der Waals surface area contributed by atoms with Gasteiger partial charge in [0, 0.05) is 38.1 Å². The molecule has 0 saturated carbocycles. The molecule has 25 heavy (non-hydrogen) atoms. The normalized spacial score (nSPS) is 21.8. The minimum absolute atomic E-state index is 0.298. The highest BCUT2D eigenvalue weighted by Crippen LogP contribution is 2.17. The Morgan fingerprint density at radius 3 is 2.28 bits per heavy atom. The Labute approximate surface area is 153 Å². The van der Waals surface area contributed by atoms with Crippen LogP contribution in [0.5, 0.6) is 0 Å². The van der Waals surface area contributed by atoms with Crippen molar-refractivity contribution in [2.75, 3.05) is 40.3 Å². The van der Waals surface area contributed by atoms with Gasteiger partial charge in [-0.1, -0.05) is 29.8 Å². The van der Waals surface area contributed by atoms with Crippen LogP contribution in [0, 0.1) is 6.92 Å². The first kappa shape index (κ1) is 19.9. The predicted octanol–water partition coefficient (Wildman–Crippen LogP) is 2.80. The van der Waals surface area contributed by atoms with E-state index in [-0.39, 0.29) is 0 Å². The Balaban J connectivity index is 1.81. The van der Waals surface area contributed by atoms with Gasteiger partial charge < -0.3 is 9.80 Å². The maximum atomic E-state index is 12.6. The van der Waals surface area contributed by atoms with Crippen molar-refractivity contribution in [1.82, 2.24) is 14.7 Å². The van der Waals surface area contributed by atoms with Crippen molar-refractivity contribution in [1.29, 1.82) is 0 Å². The van der Waals surface area contributed by atoms with Gasteiger partial charge in [0.15, 0.2) is 0 Å². The van der Waals surface area contributed by atoms with Gasteiger partial charge in [0.25, 0.3) is 0 Å². The van der Waals surface area contributed by atoms with Gasteiger partial charge in [0.2, 0.25) is 5.91 Å². The van der Waals surface area contributed by atoms with Crippen LogP contribution in [0.1, 0.15) is 37.8 Å². The molecular formula is C21H35N3O. The summed E-state index contributed by atoms with van der Waals surface area (Å²) in [5, 5.41) is 0. The van der Waals surface area contributed by atoms with Crippen molar-refractivity contribution < 1.29 is 4.79 Å². The van der Waals surface area contributed by atoms with Crippen LogP contribution in [0.3, 0.4) is 0 Å². The fraction of sp³-hybridized carbons (Fsp3) is 0.667. The van der Waals surface area contributed by atoms with E-state index in [0.717, 1.165) is 32.6 Å². The molecule has 0 radical (unpaired) electrons. The number of hydrogen-bond donors (Lipinski definition) is 0. The van der Waals surface area contributed by atoms with E-state index in [1.807, 2.05) is 0 Å². The van der Waals surface area contributed by atoms with Crippen molar-refractivity contribution >= 4 is 5.91 Å². The number of carbonyl (C=O) groups excluding carboxylic acids is 1. The van der Waals surface area contributed by atoms with Gasteiger partial charge in [-0.05, 0) is 59.8 Å². The van der Waals surface area contributed by atoms with Crippen LogP contribution in [0.15, 0.2) is 24.3 Å². The second kappa shape index (κ2) is 9.35. The lowest BCUT2D eigenvalue weighted by molar-refractivity contribution is -0.135. The van der Waals surface area contributed by atoms with Gasteiger partial charge in [-0.3, -0.25) is 9.69 Å². The van der Waals surface area contributed by atoms with Crippen LogP contribution < -0.4 is 0 Å². The molecule has 1 heterocycles. The number of carbonyl (C=O) groups is 1. The molecule has 1 aliphatic heterocycles. The van der Waals surface area contributed by atoms with Crippen LogP contribution in [-0.2, 0) is 11.2 Å². The lowest BCUT2D eigenvalue weighted by Crippen LogP contribution is -2.58. The van der Waals surface area contributed by atoms with E-state index in [1.165, 1.54) is 17.5 Å². The molecule has 4 nitrogen and oxygen atoms in total. The quantitative estimate of drug-likeness (QED) is 0.760. The van der Waals surface area contributed by atoms with Crippen LogP contribution in [-0.4, -0.2) is 73.0 Å². The Kier molecular flexibility index (Phi) is 7.45. The maximum absolute atomic E-state index is 12.6. The summed E-state index contributed by atoms with van der Waals surface area (Å²) in [6.07, 6.45) is 2.64. The molecule has 0 spiro atoms. The van der Waals surface area contributed by atoms with E-state index in [4.69, 9.17) is 0 Å². The molecule has 1 aromatic rings. The standard InChI is InChI=1S/C21H35N3O/c1-17-7-9-20(10-8-17)11-12-21(25)23-15-18(2)24(19(3)16-23)14-6-13-22(4)5/h7-10,18-19H,6,11-16H2,1-5H3. The topological polar surface area (TPSA) is 26.8 Å². The third kappa shape index (κ3) is 6.12. The molecule has 2 atom stereocenters. The molecule has 2 rings (SSSR count). The van der Waals surface area contributed by atoms with Crippen molar-refractivity contribution in [3.63, 3.8) is 0 Å². The Morgan fingerprint density at radius 1 is 1.12 bits per heavy atom. The third-order valence-corrected chi connectivity index (χ3v) is 5.22. The van der Waals surface area contributed by atoms with E-state index < -0.39 is 0 Å². The van der Waals surface area contributed by atoms with Gasteiger partial charge in [0.1, 0.15) is 0 Å². The van der Waals surface area contributed by atoms with Gasteiger partial charge in [-0.15, -0.1) is 0 Å². The summed E-state index contributed by atoms with van der Waals surface area (Å²) in [7, 11) is 4.25. The number of hydrogen-bond acceptors (Lipinski definition) is 3. The van der Waals surface area contributed by atoms with Gasteiger partial charge in [-0.2, -0.15) is 0 Å². The minimum atomic E-state index is 0.298. The molecule has 0 N–H and O–H groups in total. The second-order valence-corrected chi connectivity index (χ2v) is 7.88. The van der Waals surface area contributed by atoms with Crippen molar-refractivity contribution in [3.8, 4) is 0 Å². The van der Waals surface area contributed by atoms with E-state index in [9.17, 15) is 4.79 Å². The van der Waals surface area contributed by atoms with Crippen molar-refractivity contribution in [2.45, 2.75) is 52.1 Å². The van der Waals surface area contributed by atoms with Gasteiger partial charge in [-0.25, -0.2) is 0 Å². The molecule has 1 aliphatic rings. The Morgan fingerprint density at radius 2 is 1.72 bits per heavy atom. The largest absolute Gasteiger partial charge is 0.340 e. The van der Waals surface area contributed by atoms with Crippen molar-refractivity contribution in [2.24, 2.45) is 0 Å². The minimum Gasteiger partial charge on any atom is -0.340 e. The molecule has 4 heteroatoms. The Bertz CT molecular complexity index is 529. The molecule has 2 unspecified atom stereocenters. The molecule has 1 aromatic carbocycles. The van der Waals surface area contributed by atoms with Gasteiger partial charge >= 0.3 is 0 Å². The molecule has 1 amide bonds. The summed E-state index contributed by atoms with van der Waals surface area (Å²) in [5.41, 5.74) is 2.52.